The van der Waals surface area contributed by atoms with Crippen molar-refractivity contribution in [2.24, 2.45) is 5.41 Å². The normalized spacial score (nSPS) is 23.8. The maximum Gasteiger partial charge on any atom is 0.411 e. The summed E-state index contributed by atoms with van der Waals surface area (Å²) in [7, 11) is 0. The van der Waals surface area contributed by atoms with E-state index in [1.54, 1.807) is 34.6 Å². The number of esters is 2. The standard InChI is InChI=1S/C16H27NO7/c1-6-22-12(19)11-8-16(10-18,13(20)23-7-2)9-17(11)14(21)24-15(3,4)5/h11,18H,6-10H2,1-5H3/t11-,16?/m0/s1. The van der Waals surface area contributed by atoms with E-state index in [1.807, 2.05) is 0 Å². The molecule has 0 aliphatic carbocycles. The van der Waals surface area contributed by atoms with Crippen LogP contribution < -0.4 is 0 Å². The Hall–Kier alpha value is -1.83. The van der Waals surface area contributed by atoms with Gasteiger partial charge in [-0.05, 0) is 41.0 Å². The zero-order valence-electron chi connectivity index (χ0n) is 15.0. The smallest absolute Gasteiger partial charge is 0.411 e. The van der Waals surface area contributed by atoms with Crippen molar-refractivity contribution in [3.63, 3.8) is 0 Å². The molecule has 1 rings (SSSR count). The molecular weight excluding hydrogens is 318 g/mol. The van der Waals surface area contributed by atoms with E-state index < -0.39 is 41.7 Å². The van der Waals surface area contributed by atoms with Crippen molar-refractivity contribution < 1.29 is 33.7 Å². The van der Waals surface area contributed by atoms with Crippen LogP contribution in [0.3, 0.4) is 0 Å². The van der Waals surface area contributed by atoms with E-state index in [0.717, 1.165) is 4.90 Å². The quantitative estimate of drug-likeness (QED) is 0.588. The molecule has 1 aliphatic heterocycles. The van der Waals surface area contributed by atoms with E-state index in [9.17, 15) is 19.5 Å². The van der Waals surface area contributed by atoms with Gasteiger partial charge in [0.05, 0.1) is 19.8 Å². The van der Waals surface area contributed by atoms with Gasteiger partial charge in [0.1, 0.15) is 17.1 Å². The van der Waals surface area contributed by atoms with Crippen LogP contribution >= 0.6 is 0 Å². The molecule has 138 valence electrons. The van der Waals surface area contributed by atoms with Gasteiger partial charge in [-0.2, -0.15) is 0 Å². The molecule has 0 bridgehead atoms. The van der Waals surface area contributed by atoms with E-state index in [2.05, 4.69) is 0 Å². The Morgan fingerprint density at radius 3 is 2.21 bits per heavy atom. The molecule has 8 nitrogen and oxygen atoms in total. The van der Waals surface area contributed by atoms with E-state index in [1.165, 1.54) is 0 Å². The molecule has 1 saturated heterocycles. The van der Waals surface area contributed by atoms with Crippen molar-refractivity contribution in [1.82, 2.24) is 4.90 Å². The fraction of sp³-hybridized carbons (Fsp3) is 0.812. The van der Waals surface area contributed by atoms with Gasteiger partial charge in [-0.3, -0.25) is 9.69 Å². The van der Waals surface area contributed by atoms with Crippen molar-refractivity contribution in [1.29, 1.82) is 0 Å². The van der Waals surface area contributed by atoms with Gasteiger partial charge < -0.3 is 19.3 Å². The summed E-state index contributed by atoms with van der Waals surface area (Å²) in [5.41, 5.74) is -2.12. The van der Waals surface area contributed by atoms with Crippen molar-refractivity contribution >= 4 is 18.0 Å². The summed E-state index contributed by atoms with van der Waals surface area (Å²) in [5.74, 6) is -1.28. The fourth-order valence-corrected chi connectivity index (χ4v) is 2.55. The molecular formula is C16H27NO7. The van der Waals surface area contributed by atoms with Gasteiger partial charge in [0.2, 0.25) is 0 Å². The fourth-order valence-electron chi connectivity index (χ4n) is 2.55. The van der Waals surface area contributed by atoms with Crippen LogP contribution in [0.1, 0.15) is 41.0 Å². The summed E-state index contributed by atoms with van der Waals surface area (Å²) in [5, 5.41) is 9.74. The summed E-state index contributed by atoms with van der Waals surface area (Å²) >= 11 is 0. The van der Waals surface area contributed by atoms with Crippen molar-refractivity contribution in [2.75, 3.05) is 26.4 Å². The Morgan fingerprint density at radius 2 is 1.75 bits per heavy atom. The molecule has 1 fully saturated rings. The third-order valence-corrected chi connectivity index (χ3v) is 3.63. The zero-order chi connectivity index (χ0) is 18.5. The molecule has 24 heavy (non-hydrogen) atoms. The van der Waals surface area contributed by atoms with Crippen molar-refractivity contribution in [3.8, 4) is 0 Å². The molecule has 0 radical (unpaired) electrons. The van der Waals surface area contributed by atoms with Gasteiger partial charge in [0.15, 0.2) is 0 Å². The molecule has 8 heteroatoms. The van der Waals surface area contributed by atoms with Crippen LogP contribution in [0.15, 0.2) is 0 Å². The van der Waals surface area contributed by atoms with Gasteiger partial charge >= 0.3 is 18.0 Å². The maximum absolute atomic E-state index is 12.4. The van der Waals surface area contributed by atoms with E-state index >= 15 is 0 Å². The van der Waals surface area contributed by atoms with Gasteiger partial charge in [-0.1, -0.05) is 0 Å². The average Bonchev–Trinajstić information content (AvgIpc) is 2.87. The van der Waals surface area contributed by atoms with E-state index in [0.29, 0.717) is 0 Å². The summed E-state index contributed by atoms with van der Waals surface area (Å²) < 4.78 is 15.3. The van der Waals surface area contributed by atoms with Crippen LogP contribution in [0.2, 0.25) is 0 Å². The second kappa shape index (κ2) is 7.83. The van der Waals surface area contributed by atoms with E-state index in [-0.39, 0.29) is 26.2 Å². The van der Waals surface area contributed by atoms with Crippen molar-refractivity contribution in [2.45, 2.75) is 52.7 Å². The monoisotopic (exact) mass is 345 g/mol. The lowest BCUT2D eigenvalue weighted by molar-refractivity contribution is -0.157. The van der Waals surface area contributed by atoms with Crippen molar-refractivity contribution in [3.05, 3.63) is 0 Å². The molecule has 0 spiro atoms. The van der Waals surface area contributed by atoms with Gasteiger partial charge in [0.25, 0.3) is 0 Å². The van der Waals surface area contributed by atoms with Crippen LogP contribution in [0.5, 0.6) is 0 Å². The number of aliphatic hydroxyl groups excluding tert-OH is 1. The number of aliphatic hydroxyl groups is 1. The predicted molar refractivity (Wildman–Crippen MR) is 84.1 cm³/mol. The molecule has 1 aliphatic rings. The number of amides is 1. The Balaban J connectivity index is 3.10. The Morgan fingerprint density at radius 1 is 1.17 bits per heavy atom. The summed E-state index contributed by atoms with van der Waals surface area (Å²) in [6.45, 7) is 7.96. The molecule has 1 unspecified atom stereocenters. The topological polar surface area (TPSA) is 102 Å². The molecule has 0 aromatic heterocycles. The van der Waals surface area contributed by atoms with Crippen LogP contribution in [-0.2, 0) is 23.8 Å². The Bertz CT molecular complexity index is 485. The number of carbonyl (C=O) groups excluding carboxylic acids is 3. The zero-order valence-corrected chi connectivity index (χ0v) is 15.0. The van der Waals surface area contributed by atoms with Gasteiger partial charge in [-0.25, -0.2) is 9.59 Å². The summed E-state index contributed by atoms with van der Waals surface area (Å²) in [6, 6.07) is -1.00. The van der Waals surface area contributed by atoms with Crippen LogP contribution in [-0.4, -0.2) is 66.0 Å². The lowest BCUT2D eigenvalue weighted by Gasteiger charge is -2.28. The predicted octanol–water partition coefficient (Wildman–Crippen LogP) is 1.10. The molecule has 1 N–H and O–H groups in total. The second-order valence-electron chi connectivity index (χ2n) is 6.74. The number of hydrogen-bond donors (Lipinski definition) is 1. The Kier molecular flexibility index (Phi) is 6.59. The largest absolute Gasteiger partial charge is 0.465 e. The number of likely N-dealkylation sites (tertiary alicyclic amines) is 1. The minimum absolute atomic E-state index is 0.0690. The molecule has 1 amide bonds. The molecule has 0 aromatic rings. The minimum Gasteiger partial charge on any atom is -0.465 e. The van der Waals surface area contributed by atoms with Crippen LogP contribution in [0.25, 0.3) is 0 Å². The first-order chi connectivity index (χ1) is 11.1. The SMILES string of the molecule is CCOC(=O)[C@@H]1CC(CO)(C(=O)OCC)CN1C(=O)OC(C)(C)C. The maximum atomic E-state index is 12.4. The van der Waals surface area contributed by atoms with E-state index in [4.69, 9.17) is 14.2 Å². The molecule has 1 heterocycles. The lowest BCUT2D eigenvalue weighted by Crippen LogP contribution is -2.45. The summed E-state index contributed by atoms with van der Waals surface area (Å²) in [4.78, 5) is 38.0. The minimum atomic E-state index is -1.36. The Labute approximate surface area is 142 Å². The van der Waals surface area contributed by atoms with Crippen LogP contribution in [0.4, 0.5) is 4.79 Å². The molecule has 0 aromatic carbocycles. The molecule has 0 saturated carbocycles. The number of nitrogens with zero attached hydrogens (tertiary/aromatic N) is 1. The average molecular weight is 345 g/mol. The van der Waals surface area contributed by atoms with Gasteiger partial charge in [0, 0.05) is 6.54 Å². The molecule has 2 atom stereocenters. The first-order valence-electron chi connectivity index (χ1n) is 8.04. The highest BCUT2D eigenvalue weighted by atomic mass is 16.6. The first-order valence-corrected chi connectivity index (χ1v) is 8.04. The number of ether oxygens (including phenoxy) is 3. The highest BCUT2D eigenvalue weighted by Gasteiger charge is 2.55. The summed E-state index contributed by atoms with van der Waals surface area (Å²) in [6.07, 6.45) is -0.805. The third-order valence-electron chi connectivity index (χ3n) is 3.63. The van der Waals surface area contributed by atoms with Gasteiger partial charge in [-0.15, -0.1) is 0 Å². The highest BCUT2D eigenvalue weighted by molar-refractivity contribution is 5.87. The van der Waals surface area contributed by atoms with Crippen LogP contribution in [0, 0.1) is 5.41 Å². The number of carbonyl (C=O) groups is 3. The first kappa shape index (κ1) is 20.2. The highest BCUT2D eigenvalue weighted by Crippen LogP contribution is 2.37. The third kappa shape index (κ3) is 4.59. The lowest BCUT2D eigenvalue weighted by atomic mass is 9.86. The number of hydrogen-bond acceptors (Lipinski definition) is 7. The number of rotatable bonds is 5. The second-order valence-corrected chi connectivity index (χ2v) is 6.74.